The zero-order chi connectivity index (χ0) is 12.9. The van der Waals surface area contributed by atoms with Gasteiger partial charge in [-0.15, -0.1) is 0 Å². The molecule has 0 aromatic heterocycles. The Labute approximate surface area is 112 Å². The van der Waals surface area contributed by atoms with Crippen LogP contribution in [0.4, 0.5) is 0 Å². The van der Waals surface area contributed by atoms with Gasteiger partial charge in [-0.05, 0) is 13.8 Å². The van der Waals surface area contributed by atoms with Gasteiger partial charge in [0, 0.05) is 24.5 Å². The first-order valence-corrected chi connectivity index (χ1v) is 8.49. The minimum atomic E-state index is -3.24. The van der Waals surface area contributed by atoms with E-state index in [1.807, 2.05) is 13.8 Å². The zero-order valence-corrected chi connectivity index (χ0v) is 12.7. The van der Waals surface area contributed by atoms with E-state index < -0.39 is 10.0 Å². The highest BCUT2D eigenvalue weighted by Gasteiger charge is 2.33. The summed E-state index contributed by atoms with van der Waals surface area (Å²) in [6.07, 6.45) is -0.0620. The summed E-state index contributed by atoms with van der Waals surface area (Å²) in [4.78, 5) is 0. The molecule has 1 fully saturated rings. The van der Waals surface area contributed by atoms with Crippen molar-refractivity contribution in [2.45, 2.75) is 26.0 Å². The third-order valence-electron chi connectivity index (χ3n) is 2.67. The number of rotatable bonds is 6. The number of hydrogen-bond acceptors (Lipinski definition) is 4. The standard InChI is InChI=1S/C10H20BrNO4S/c1-3-15-4-5-17(13,14)12-7-10(6-11)16-8-9(12)2/h9-10H,3-8H2,1-2H3. The maximum atomic E-state index is 12.1. The average Bonchev–Trinajstić information content (AvgIpc) is 2.29. The topological polar surface area (TPSA) is 55.8 Å². The summed E-state index contributed by atoms with van der Waals surface area (Å²) in [6.45, 7) is 5.37. The summed E-state index contributed by atoms with van der Waals surface area (Å²) in [5, 5.41) is 0.650. The summed E-state index contributed by atoms with van der Waals surface area (Å²) < 4.78 is 36.4. The molecule has 0 radical (unpaired) electrons. The molecule has 2 atom stereocenters. The van der Waals surface area contributed by atoms with E-state index in [9.17, 15) is 8.42 Å². The molecule has 0 amide bonds. The molecule has 0 aromatic rings. The van der Waals surface area contributed by atoms with E-state index in [1.165, 1.54) is 4.31 Å². The van der Waals surface area contributed by atoms with E-state index in [0.717, 1.165) is 0 Å². The van der Waals surface area contributed by atoms with Crippen LogP contribution in [0, 0.1) is 0 Å². The maximum absolute atomic E-state index is 12.1. The van der Waals surface area contributed by atoms with Gasteiger partial charge in [0.2, 0.25) is 10.0 Å². The number of ether oxygens (including phenoxy) is 2. The molecule has 0 aromatic carbocycles. The number of morpholine rings is 1. The van der Waals surface area contributed by atoms with Crippen molar-refractivity contribution < 1.29 is 17.9 Å². The maximum Gasteiger partial charge on any atom is 0.216 e. The number of sulfonamides is 1. The Morgan fingerprint density at radius 2 is 2.24 bits per heavy atom. The molecule has 0 aliphatic carbocycles. The Bertz CT molecular complexity index is 322. The second-order valence-electron chi connectivity index (χ2n) is 4.04. The summed E-state index contributed by atoms with van der Waals surface area (Å²) in [7, 11) is -3.24. The first kappa shape index (κ1) is 15.4. The highest BCUT2D eigenvalue weighted by molar-refractivity contribution is 9.09. The Hall–Kier alpha value is 0.310. The molecule has 0 saturated carbocycles. The van der Waals surface area contributed by atoms with Gasteiger partial charge in [0.1, 0.15) is 0 Å². The van der Waals surface area contributed by atoms with Gasteiger partial charge in [0.05, 0.1) is 25.1 Å². The summed E-state index contributed by atoms with van der Waals surface area (Å²) in [5.41, 5.74) is 0. The van der Waals surface area contributed by atoms with E-state index in [-0.39, 0.29) is 24.5 Å². The van der Waals surface area contributed by atoms with Gasteiger partial charge >= 0.3 is 0 Å². The first-order chi connectivity index (χ1) is 8.01. The largest absolute Gasteiger partial charge is 0.381 e. The molecule has 7 heteroatoms. The van der Waals surface area contributed by atoms with E-state index in [1.54, 1.807) is 0 Å². The summed E-state index contributed by atoms with van der Waals surface area (Å²) >= 11 is 3.32. The van der Waals surface area contributed by atoms with E-state index in [2.05, 4.69) is 15.9 Å². The van der Waals surface area contributed by atoms with Crippen LogP contribution in [-0.2, 0) is 19.5 Å². The number of nitrogens with zero attached hydrogens (tertiary/aromatic N) is 1. The van der Waals surface area contributed by atoms with Gasteiger partial charge in [-0.2, -0.15) is 4.31 Å². The van der Waals surface area contributed by atoms with Crippen LogP contribution in [0.1, 0.15) is 13.8 Å². The molecular formula is C10H20BrNO4S. The fourth-order valence-corrected chi connectivity index (χ4v) is 3.66. The minimum absolute atomic E-state index is 0.0419. The highest BCUT2D eigenvalue weighted by Crippen LogP contribution is 2.17. The lowest BCUT2D eigenvalue weighted by atomic mass is 10.2. The molecule has 1 aliphatic heterocycles. The van der Waals surface area contributed by atoms with Gasteiger partial charge in [-0.25, -0.2) is 8.42 Å². The van der Waals surface area contributed by atoms with Crippen molar-refractivity contribution in [2.75, 3.05) is 37.4 Å². The van der Waals surface area contributed by atoms with E-state index in [4.69, 9.17) is 9.47 Å². The van der Waals surface area contributed by atoms with Gasteiger partial charge in [-0.3, -0.25) is 0 Å². The molecule has 5 nitrogen and oxygen atoms in total. The van der Waals surface area contributed by atoms with Gasteiger partial charge in [-0.1, -0.05) is 15.9 Å². The SMILES string of the molecule is CCOCCS(=O)(=O)N1CC(CBr)OCC1C. The van der Waals surface area contributed by atoms with Crippen molar-refractivity contribution in [1.29, 1.82) is 0 Å². The number of hydrogen-bond donors (Lipinski definition) is 0. The van der Waals surface area contributed by atoms with Crippen LogP contribution < -0.4 is 0 Å². The Kier molecular flexibility index (Phi) is 6.36. The van der Waals surface area contributed by atoms with Crippen LogP contribution in [0.25, 0.3) is 0 Å². The van der Waals surface area contributed by atoms with Crippen molar-refractivity contribution in [2.24, 2.45) is 0 Å². The summed E-state index contributed by atoms with van der Waals surface area (Å²) in [5.74, 6) is 0.0419. The van der Waals surface area contributed by atoms with Crippen LogP contribution in [-0.4, -0.2) is 62.3 Å². The molecule has 17 heavy (non-hydrogen) atoms. The molecule has 2 unspecified atom stereocenters. The predicted octanol–water partition coefficient (Wildman–Crippen LogP) is 0.837. The van der Waals surface area contributed by atoms with Crippen LogP contribution in [0.2, 0.25) is 0 Å². The van der Waals surface area contributed by atoms with Gasteiger partial charge in [0.15, 0.2) is 0 Å². The normalized spacial score (nSPS) is 27.2. The van der Waals surface area contributed by atoms with Crippen molar-refractivity contribution in [1.82, 2.24) is 4.31 Å². The fourth-order valence-electron chi connectivity index (χ4n) is 1.70. The second kappa shape index (κ2) is 7.04. The van der Waals surface area contributed by atoms with Crippen LogP contribution in [0.15, 0.2) is 0 Å². The molecule has 0 bridgehead atoms. The van der Waals surface area contributed by atoms with Crippen molar-refractivity contribution in [3.05, 3.63) is 0 Å². The summed E-state index contributed by atoms with van der Waals surface area (Å²) in [6, 6.07) is -0.100. The Balaban J connectivity index is 2.61. The smallest absolute Gasteiger partial charge is 0.216 e. The van der Waals surface area contributed by atoms with E-state index >= 15 is 0 Å². The Morgan fingerprint density at radius 3 is 2.82 bits per heavy atom. The lowest BCUT2D eigenvalue weighted by Gasteiger charge is -2.36. The van der Waals surface area contributed by atoms with Crippen LogP contribution in [0.5, 0.6) is 0 Å². The third kappa shape index (κ3) is 4.48. The second-order valence-corrected chi connectivity index (χ2v) is 6.73. The lowest BCUT2D eigenvalue weighted by Crippen LogP contribution is -2.52. The number of alkyl halides is 1. The van der Waals surface area contributed by atoms with Crippen molar-refractivity contribution in [3.8, 4) is 0 Å². The molecular weight excluding hydrogens is 310 g/mol. The predicted molar refractivity (Wildman–Crippen MR) is 70.0 cm³/mol. The molecule has 1 aliphatic rings. The highest BCUT2D eigenvalue weighted by atomic mass is 79.9. The quantitative estimate of drug-likeness (QED) is 0.535. The Morgan fingerprint density at radius 1 is 1.53 bits per heavy atom. The zero-order valence-electron chi connectivity index (χ0n) is 10.3. The van der Waals surface area contributed by atoms with Crippen LogP contribution >= 0.6 is 15.9 Å². The van der Waals surface area contributed by atoms with Crippen molar-refractivity contribution >= 4 is 26.0 Å². The minimum Gasteiger partial charge on any atom is -0.381 e. The van der Waals surface area contributed by atoms with E-state index in [0.29, 0.717) is 25.1 Å². The molecule has 1 rings (SSSR count). The molecule has 0 spiro atoms. The molecule has 1 heterocycles. The first-order valence-electron chi connectivity index (χ1n) is 5.76. The third-order valence-corrected chi connectivity index (χ3v) is 5.30. The van der Waals surface area contributed by atoms with Crippen molar-refractivity contribution in [3.63, 3.8) is 0 Å². The molecule has 1 saturated heterocycles. The monoisotopic (exact) mass is 329 g/mol. The van der Waals surface area contributed by atoms with Gasteiger partial charge < -0.3 is 9.47 Å². The molecule has 102 valence electrons. The lowest BCUT2D eigenvalue weighted by molar-refractivity contribution is -0.0141. The van der Waals surface area contributed by atoms with Crippen LogP contribution in [0.3, 0.4) is 0 Å². The fraction of sp³-hybridized carbons (Fsp3) is 1.00. The van der Waals surface area contributed by atoms with Gasteiger partial charge in [0.25, 0.3) is 0 Å². The average molecular weight is 330 g/mol. The molecule has 0 N–H and O–H groups in total. The number of halogens is 1.